The standard InChI is InChI=1S/C11H11Cl2F3O2/c1-2-3-4-17-10-8(12)5-7(6-9(10)13)18-11(14,15)16/h5-6H,2-4H2,1H3. The molecular formula is C11H11Cl2F3O2. The van der Waals surface area contributed by atoms with Crippen molar-refractivity contribution in [2.45, 2.75) is 26.1 Å². The normalized spacial score (nSPS) is 11.4. The van der Waals surface area contributed by atoms with Gasteiger partial charge in [-0.3, -0.25) is 0 Å². The smallest absolute Gasteiger partial charge is 0.490 e. The molecule has 0 saturated heterocycles. The van der Waals surface area contributed by atoms with Crippen LogP contribution in [0.2, 0.25) is 10.0 Å². The first-order valence-corrected chi connectivity index (χ1v) is 5.96. The van der Waals surface area contributed by atoms with Crippen molar-refractivity contribution in [1.29, 1.82) is 0 Å². The second kappa shape index (κ2) is 6.38. The van der Waals surface area contributed by atoms with E-state index in [1.54, 1.807) is 0 Å². The van der Waals surface area contributed by atoms with E-state index in [2.05, 4.69) is 4.74 Å². The number of hydrogen-bond donors (Lipinski definition) is 0. The first-order valence-electron chi connectivity index (χ1n) is 5.21. The highest BCUT2D eigenvalue weighted by Gasteiger charge is 2.31. The summed E-state index contributed by atoms with van der Waals surface area (Å²) in [7, 11) is 0. The summed E-state index contributed by atoms with van der Waals surface area (Å²) in [6, 6.07) is 2.03. The number of ether oxygens (including phenoxy) is 2. The Morgan fingerprint density at radius 1 is 1.17 bits per heavy atom. The highest BCUT2D eigenvalue weighted by Crippen LogP contribution is 2.38. The number of halogens is 5. The molecule has 0 saturated carbocycles. The molecule has 102 valence electrons. The van der Waals surface area contributed by atoms with Crippen molar-refractivity contribution in [2.24, 2.45) is 0 Å². The fourth-order valence-electron chi connectivity index (χ4n) is 1.19. The van der Waals surface area contributed by atoms with Gasteiger partial charge in [0, 0.05) is 12.1 Å². The maximum atomic E-state index is 12.0. The molecule has 0 aliphatic rings. The van der Waals surface area contributed by atoms with Crippen LogP contribution in [0.15, 0.2) is 12.1 Å². The summed E-state index contributed by atoms with van der Waals surface area (Å²) in [6.45, 7) is 2.38. The van der Waals surface area contributed by atoms with Gasteiger partial charge in [-0.25, -0.2) is 0 Å². The van der Waals surface area contributed by atoms with E-state index >= 15 is 0 Å². The van der Waals surface area contributed by atoms with Crippen LogP contribution in [0.5, 0.6) is 11.5 Å². The molecule has 0 fully saturated rings. The molecule has 0 heterocycles. The van der Waals surface area contributed by atoms with Gasteiger partial charge in [0.25, 0.3) is 0 Å². The molecule has 0 aromatic heterocycles. The van der Waals surface area contributed by atoms with Gasteiger partial charge in [0.2, 0.25) is 0 Å². The van der Waals surface area contributed by atoms with Crippen molar-refractivity contribution < 1.29 is 22.6 Å². The van der Waals surface area contributed by atoms with Gasteiger partial charge in [0.1, 0.15) is 5.75 Å². The van der Waals surface area contributed by atoms with Gasteiger partial charge < -0.3 is 9.47 Å². The van der Waals surface area contributed by atoms with E-state index in [9.17, 15) is 13.2 Å². The molecule has 0 atom stereocenters. The Labute approximate surface area is 113 Å². The number of rotatable bonds is 5. The lowest BCUT2D eigenvalue weighted by Crippen LogP contribution is -2.17. The number of unbranched alkanes of at least 4 members (excludes halogenated alkanes) is 1. The van der Waals surface area contributed by atoms with E-state index in [0.717, 1.165) is 25.0 Å². The molecule has 0 N–H and O–H groups in total. The Bertz CT molecular complexity index is 385. The van der Waals surface area contributed by atoms with Crippen molar-refractivity contribution in [2.75, 3.05) is 6.61 Å². The number of benzene rings is 1. The number of alkyl halides is 3. The van der Waals surface area contributed by atoms with Crippen molar-refractivity contribution in [3.05, 3.63) is 22.2 Å². The summed E-state index contributed by atoms with van der Waals surface area (Å²) in [5.74, 6) is -0.304. The summed E-state index contributed by atoms with van der Waals surface area (Å²) in [5.41, 5.74) is 0. The van der Waals surface area contributed by atoms with E-state index in [1.807, 2.05) is 6.92 Å². The van der Waals surface area contributed by atoms with Crippen LogP contribution in [0.4, 0.5) is 13.2 Å². The molecule has 0 unspecified atom stereocenters. The van der Waals surface area contributed by atoms with Gasteiger partial charge in [0.15, 0.2) is 5.75 Å². The molecular weight excluding hydrogens is 292 g/mol. The number of hydrogen-bond acceptors (Lipinski definition) is 2. The fraction of sp³-hybridized carbons (Fsp3) is 0.455. The minimum Gasteiger partial charge on any atom is -0.490 e. The van der Waals surface area contributed by atoms with Crippen LogP contribution in [-0.2, 0) is 0 Å². The third-order valence-corrected chi connectivity index (χ3v) is 2.51. The van der Waals surface area contributed by atoms with Gasteiger partial charge in [-0.1, -0.05) is 36.5 Å². The van der Waals surface area contributed by atoms with Crippen molar-refractivity contribution in [1.82, 2.24) is 0 Å². The molecule has 0 radical (unpaired) electrons. The van der Waals surface area contributed by atoms with Crippen LogP contribution >= 0.6 is 23.2 Å². The third kappa shape index (κ3) is 4.82. The molecule has 0 amide bonds. The zero-order chi connectivity index (χ0) is 13.8. The van der Waals surface area contributed by atoms with Crippen LogP contribution in [0.1, 0.15) is 19.8 Å². The maximum Gasteiger partial charge on any atom is 0.573 e. The van der Waals surface area contributed by atoms with Crippen LogP contribution in [0.3, 0.4) is 0 Å². The predicted molar refractivity (Wildman–Crippen MR) is 63.5 cm³/mol. The lowest BCUT2D eigenvalue weighted by atomic mass is 10.3. The maximum absolute atomic E-state index is 12.0. The van der Waals surface area contributed by atoms with Crippen molar-refractivity contribution >= 4 is 23.2 Å². The quantitative estimate of drug-likeness (QED) is 0.707. The van der Waals surface area contributed by atoms with E-state index in [0.29, 0.717) is 6.61 Å². The first-order chi connectivity index (χ1) is 8.33. The average Bonchev–Trinajstić information content (AvgIpc) is 2.19. The Kier molecular flexibility index (Phi) is 5.41. The Hall–Kier alpha value is -0.810. The summed E-state index contributed by atoms with van der Waals surface area (Å²) in [5, 5.41) is -0.0318. The third-order valence-electron chi connectivity index (χ3n) is 1.95. The average molecular weight is 303 g/mol. The van der Waals surface area contributed by atoms with E-state index in [-0.39, 0.29) is 15.8 Å². The summed E-state index contributed by atoms with van der Waals surface area (Å²) in [4.78, 5) is 0. The molecule has 0 aliphatic heterocycles. The minimum absolute atomic E-state index is 0.0159. The monoisotopic (exact) mass is 302 g/mol. The molecule has 0 bridgehead atoms. The molecule has 0 spiro atoms. The Morgan fingerprint density at radius 2 is 1.72 bits per heavy atom. The van der Waals surface area contributed by atoms with Crippen LogP contribution in [0, 0.1) is 0 Å². The van der Waals surface area contributed by atoms with Gasteiger partial charge in [-0.2, -0.15) is 0 Å². The van der Waals surface area contributed by atoms with Crippen molar-refractivity contribution in [3.63, 3.8) is 0 Å². The van der Waals surface area contributed by atoms with Gasteiger partial charge in [0.05, 0.1) is 16.7 Å². The Morgan fingerprint density at radius 3 is 2.17 bits per heavy atom. The molecule has 7 heteroatoms. The van der Waals surface area contributed by atoms with E-state index in [1.165, 1.54) is 0 Å². The lowest BCUT2D eigenvalue weighted by Gasteiger charge is -2.13. The Balaban J connectivity index is 2.84. The van der Waals surface area contributed by atoms with E-state index in [4.69, 9.17) is 27.9 Å². The lowest BCUT2D eigenvalue weighted by molar-refractivity contribution is -0.274. The molecule has 1 rings (SSSR count). The molecule has 18 heavy (non-hydrogen) atoms. The molecule has 1 aromatic rings. The zero-order valence-corrected chi connectivity index (χ0v) is 11.0. The molecule has 2 nitrogen and oxygen atoms in total. The largest absolute Gasteiger partial charge is 0.573 e. The zero-order valence-electron chi connectivity index (χ0n) is 9.48. The highest BCUT2D eigenvalue weighted by molar-refractivity contribution is 6.37. The second-order valence-corrected chi connectivity index (χ2v) is 4.28. The second-order valence-electron chi connectivity index (χ2n) is 3.47. The minimum atomic E-state index is -4.78. The highest BCUT2D eigenvalue weighted by atomic mass is 35.5. The van der Waals surface area contributed by atoms with Gasteiger partial charge >= 0.3 is 6.36 Å². The first kappa shape index (κ1) is 15.2. The fourth-order valence-corrected chi connectivity index (χ4v) is 1.76. The summed E-state index contributed by atoms with van der Waals surface area (Å²) >= 11 is 11.6. The van der Waals surface area contributed by atoms with E-state index < -0.39 is 12.1 Å². The van der Waals surface area contributed by atoms with Crippen LogP contribution in [-0.4, -0.2) is 13.0 Å². The SMILES string of the molecule is CCCCOc1c(Cl)cc(OC(F)(F)F)cc1Cl. The van der Waals surface area contributed by atoms with Crippen molar-refractivity contribution in [3.8, 4) is 11.5 Å². The van der Waals surface area contributed by atoms with Gasteiger partial charge in [-0.05, 0) is 6.42 Å². The van der Waals surface area contributed by atoms with Crippen LogP contribution in [0.25, 0.3) is 0 Å². The molecule has 0 aliphatic carbocycles. The molecule has 1 aromatic carbocycles. The topological polar surface area (TPSA) is 18.5 Å². The summed E-state index contributed by atoms with van der Waals surface area (Å²) < 4.78 is 45.1. The van der Waals surface area contributed by atoms with Crippen LogP contribution < -0.4 is 9.47 Å². The summed E-state index contributed by atoms with van der Waals surface area (Å²) in [6.07, 6.45) is -3.06. The predicted octanol–water partition coefficient (Wildman–Crippen LogP) is 5.07. The van der Waals surface area contributed by atoms with Gasteiger partial charge in [-0.15, -0.1) is 13.2 Å².